The summed E-state index contributed by atoms with van der Waals surface area (Å²) in [6.45, 7) is 2.72. The van der Waals surface area contributed by atoms with Crippen LogP contribution >= 0.6 is 12.2 Å². The minimum absolute atomic E-state index is 0.0954. The fourth-order valence-corrected chi connectivity index (χ4v) is 2.79. The minimum Gasteiger partial charge on any atom is -0.493 e. The Morgan fingerprint density at radius 2 is 1.42 bits per heavy atom. The molecule has 0 unspecified atom stereocenters. The number of aliphatic hydroxyl groups excluding tert-OH is 1. The quantitative estimate of drug-likeness (QED) is 0.376. The van der Waals surface area contributed by atoms with Crippen LogP contribution < -0.4 is 0 Å². The number of hydrogen-bond acceptors (Lipinski definition) is 3. The Hall–Kier alpha value is -1.94. The van der Waals surface area contributed by atoms with E-state index in [2.05, 4.69) is 0 Å². The molecule has 1 aromatic heterocycles. The Morgan fingerprint density at radius 3 is 1.83 bits per heavy atom. The van der Waals surface area contributed by atoms with Gasteiger partial charge in [-0.25, -0.2) is 26.5 Å². The number of benzene rings is 1. The summed E-state index contributed by atoms with van der Waals surface area (Å²) in [5.74, 6) is -12.0. The lowest BCUT2D eigenvalue weighted by molar-refractivity contribution is 0.272. The van der Waals surface area contributed by atoms with Crippen molar-refractivity contribution < 1.29 is 32.2 Å². The number of aliphatic hydroxyl groups is 1. The lowest BCUT2D eigenvalue weighted by Gasteiger charge is -2.10. The van der Waals surface area contributed by atoms with Crippen molar-refractivity contribution in [2.24, 2.45) is 0 Å². The maximum Gasteiger partial charge on any atom is 0.218 e. The monoisotopic (exact) mass is 368 g/mol. The standard InChI is InChI=1S/C14H13F5N2O2S/c1-5(2)11-13(23)21(14(24)20(11)3-4-22)12-9(18)7(16)6(15)8(17)10(12)19/h5,22-23H,3-4H2,1-2H3. The molecule has 10 heteroatoms. The van der Waals surface area contributed by atoms with E-state index >= 15 is 0 Å². The van der Waals surface area contributed by atoms with Gasteiger partial charge < -0.3 is 14.8 Å². The van der Waals surface area contributed by atoms with E-state index in [9.17, 15) is 27.1 Å². The Balaban J connectivity index is 2.95. The molecule has 2 N–H and O–H groups in total. The third-order valence-electron chi connectivity index (χ3n) is 3.43. The summed E-state index contributed by atoms with van der Waals surface area (Å²) in [7, 11) is 0. The van der Waals surface area contributed by atoms with Gasteiger partial charge in [0, 0.05) is 6.54 Å². The van der Waals surface area contributed by atoms with Crippen molar-refractivity contribution in [1.82, 2.24) is 9.13 Å². The molecule has 0 radical (unpaired) electrons. The summed E-state index contributed by atoms with van der Waals surface area (Å²) < 4.78 is 69.2. The maximum absolute atomic E-state index is 14.0. The maximum atomic E-state index is 14.0. The van der Waals surface area contributed by atoms with Gasteiger partial charge >= 0.3 is 0 Å². The van der Waals surface area contributed by atoms with E-state index in [0.717, 1.165) is 0 Å². The second kappa shape index (κ2) is 6.52. The zero-order valence-corrected chi connectivity index (χ0v) is 13.4. The van der Waals surface area contributed by atoms with Crippen LogP contribution in [-0.4, -0.2) is 26.0 Å². The minimum atomic E-state index is -2.31. The average Bonchev–Trinajstić information content (AvgIpc) is 2.76. The number of hydrogen-bond donors (Lipinski definition) is 2. The van der Waals surface area contributed by atoms with Crippen molar-refractivity contribution in [3.05, 3.63) is 39.6 Å². The van der Waals surface area contributed by atoms with Crippen molar-refractivity contribution >= 4 is 12.2 Å². The molecule has 1 heterocycles. The molecule has 2 aromatic rings. The van der Waals surface area contributed by atoms with Crippen molar-refractivity contribution in [1.29, 1.82) is 0 Å². The van der Waals surface area contributed by atoms with E-state index in [0.29, 0.717) is 4.57 Å². The van der Waals surface area contributed by atoms with Gasteiger partial charge in [-0.1, -0.05) is 13.8 Å². The molecule has 0 fully saturated rings. The molecule has 2 rings (SSSR count). The van der Waals surface area contributed by atoms with Crippen LogP contribution in [0.15, 0.2) is 0 Å². The van der Waals surface area contributed by atoms with Gasteiger partial charge in [-0.3, -0.25) is 0 Å². The van der Waals surface area contributed by atoms with Crippen LogP contribution in [0, 0.1) is 33.9 Å². The first-order valence-electron chi connectivity index (χ1n) is 6.82. The SMILES string of the molecule is CC(C)c1c(O)n(-c2c(F)c(F)c(F)c(F)c2F)c(=S)n1CCO. The van der Waals surface area contributed by atoms with Crippen LogP contribution in [0.4, 0.5) is 22.0 Å². The van der Waals surface area contributed by atoms with Gasteiger partial charge in [0.2, 0.25) is 11.7 Å². The first-order chi connectivity index (χ1) is 11.1. The number of nitrogens with zero attached hydrogens (tertiary/aromatic N) is 2. The first kappa shape index (κ1) is 18.4. The van der Waals surface area contributed by atoms with Crippen LogP contribution in [0.1, 0.15) is 25.5 Å². The number of aromatic nitrogens is 2. The second-order valence-electron chi connectivity index (χ2n) is 5.28. The summed E-state index contributed by atoms with van der Waals surface area (Å²) in [4.78, 5) is 0. The predicted octanol–water partition coefficient (Wildman–Crippen LogP) is 3.53. The lowest BCUT2D eigenvalue weighted by Crippen LogP contribution is -2.11. The normalized spacial score (nSPS) is 11.5. The molecule has 0 aliphatic carbocycles. The van der Waals surface area contributed by atoms with Crippen molar-refractivity contribution in [2.45, 2.75) is 26.3 Å². The third-order valence-corrected chi connectivity index (χ3v) is 3.84. The van der Waals surface area contributed by atoms with E-state index < -0.39 is 57.9 Å². The fraction of sp³-hybridized carbons (Fsp3) is 0.357. The molecule has 0 atom stereocenters. The predicted molar refractivity (Wildman–Crippen MR) is 77.2 cm³/mol. The zero-order chi connectivity index (χ0) is 18.3. The van der Waals surface area contributed by atoms with Gasteiger partial charge in [-0.15, -0.1) is 0 Å². The Labute approximate surface area is 138 Å². The first-order valence-corrected chi connectivity index (χ1v) is 7.22. The molecule has 0 bridgehead atoms. The topological polar surface area (TPSA) is 50.3 Å². The molecule has 1 aromatic carbocycles. The van der Waals surface area contributed by atoms with E-state index in [1.807, 2.05) is 0 Å². The lowest BCUT2D eigenvalue weighted by atomic mass is 10.1. The van der Waals surface area contributed by atoms with Crippen LogP contribution in [0.25, 0.3) is 5.69 Å². The highest BCUT2D eigenvalue weighted by atomic mass is 32.1. The average molecular weight is 368 g/mol. The summed E-state index contributed by atoms with van der Waals surface area (Å²) in [6.07, 6.45) is 0. The van der Waals surface area contributed by atoms with Crippen LogP contribution in [0.2, 0.25) is 0 Å². The number of halogens is 5. The molecule has 24 heavy (non-hydrogen) atoms. The summed E-state index contributed by atoms with van der Waals surface area (Å²) in [5.41, 5.74) is -1.27. The van der Waals surface area contributed by atoms with Gasteiger partial charge in [-0.2, -0.15) is 0 Å². The zero-order valence-electron chi connectivity index (χ0n) is 12.6. The summed E-state index contributed by atoms with van der Waals surface area (Å²) >= 11 is 4.99. The van der Waals surface area contributed by atoms with E-state index in [4.69, 9.17) is 17.3 Å². The largest absolute Gasteiger partial charge is 0.493 e. The molecular weight excluding hydrogens is 355 g/mol. The van der Waals surface area contributed by atoms with Crippen molar-refractivity contribution in [3.8, 4) is 11.6 Å². The van der Waals surface area contributed by atoms with E-state index in [1.54, 1.807) is 13.8 Å². The highest BCUT2D eigenvalue weighted by Gasteiger charge is 2.31. The second-order valence-corrected chi connectivity index (χ2v) is 5.64. The summed E-state index contributed by atoms with van der Waals surface area (Å²) in [5, 5.41) is 19.3. The molecule has 0 aliphatic heterocycles. The fourth-order valence-electron chi connectivity index (χ4n) is 2.43. The highest BCUT2D eigenvalue weighted by Crippen LogP contribution is 2.34. The highest BCUT2D eigenvalue weighted by molar-refractivity contribution is 7.71. The van der Waals surface area contributed by atoms with Crippen LogP contribution in [0.3, 0.4) is 0 Å². The van der Waals surface area contributed by atoms with Crippen molar-refractivity contribution in [3.63, 3.8) is 0 Å². The Morgan fingerprint density at radius 1 is 0.958 bits per heavy atom. The number of rotatable bonds is 4. The van der Waals surface area contributed by atoms with Gasteiger partial charge in [0.25, 0.3) is 0 Å². The molecule has 132 valence electrons. The third kappa shape index (κ3) is 2.59. The van der Waals surface area contributed by atoms with Gasteiger partial charge in [-0.05, 0) is 18.1 Å². The molecule has 0 aliphatic rings. The molecular formula is C14H13F5N2O2S. The molecule has 4 nitrogen and oxygen atoms in total. The summed E-state index contributed by atoms with van der Waals surface area (Å²) in [6, 6.07) is 0. The molecule has 0 saturated heterocycles. The van der Waals surface area contributed by atoms with Crippen LogP contribution in [-0.2, 0) is 6.54 Å². The Kier molecular flexibility index (Phi) is 5.00. The molecule has 0 amide bonds. The molecule has 0 saturated carbocycles. The van der Waals surface area contributed by atoms with Gasteiger partial charge in [0.05, 0.1) is 12.3 Å². The van der Waals surface area contributed by atoms with Gasteiger partial charge in [0.15, 0.2) is 28.0 Å². The molecule has 0 spiro atoms. The van der Waals surface area contributed by atoms with Crippen LogP contribution in [0.5, 0.6) is 5.88 Å². The number of imidazole rings is 1. The number of aromatic hydroxyl groups is 1. The van der Waals surface area contributed by atoms with Crippen molar-refractivity contribution in [2.75, 3.05) is 6.61 Å². The Bertz CT molecular complexity index is 831. The smallest absolute Gasteiger partial charge is 0.218 e. The van der Waals surface area contributed by atoms with Gasteiger partial charge in [0.1, 0.15) is 5.69 Å². The van der Waals surface area contributed by atoms with E-state index in [1.165, 1.54) is 4.57 Å². The van der Waals surface area contributed by atoms with E-state index in [-0.39, 0.29) is 12.2 Å².